The number of fused-ring (bicyclic) bond motifs is 2. The fourth-order valence-corrected chi connectivity index (χ4v) is 12.0. The fraction of sp³-hybridized carbons (Fsp3) is 0.485. The molecule has 0 fully saturated rings. The second-order valence-electron chi connectivity index (χ2n) is 12.1. The number of aromatic nitrogens is 1. The van der Waals surface area contributed by atoms with Crippen molar-refractivity contribution in [1.82, 2.24) is 9.88 Å². The number of nitrogens with zero attached hydrogens (tertiary/aromatic N) is 2. The van der Waals surface area contributed by atoms with E-state index < -0.39 is 8.32 Å². The zero-order chi connectivity index (χ0) is 30.1. The maximum atomic E-state index is 13.7. The average Bonchev–Trinajstić information content (AvgIpc) is 3.20. The molecule has 0 radical (unpaired) electrons. The quantitative estimate of drug-likeness (QED) is 0.173. The molecule has 4 rings (SSSR count). The Hall–Kier alpha value is -3.26. The molecular formula is C33H43FN2O4Si. The number of hydrogen-bond donors (Lipinski definition) is 0. The Bertz CT molecular complexity index is 1410. The third-order valence-electron chi connectivity index (χ3n) is 8.53. The van der Waals surface area contributed by atoms with Crippen LogP contribution in [0.25, 0.3) is 10.9 Å². The van der Waals surface area contributed by atoms with E-state index in [1.807, 2.05) is 6.20 Å². The molecule has 0 saturated carbocycles. The van der Waals surface area contributed by atoms with Gasteiger partial charge in [0, 0.05) is 31.6 Å². The molecule has 2 heterocycles. The number of amides is 1. The summed E-state index contributed by atoms with van der Waals surface area (Å²) in [5.74, 6) is -0.0365. The van der Waals surface area contributed by atoms with Crippen LogP contribution in [-0.4, -0.2) is 43.7 Å². The number of pyridine rings is 1. The summed E-state index contributed by atoms with van der Waals surface area (Å²) in [5.41, 5.74) is 5.95. The van der Waals surface area contributed by atoms with Crippen LogP contribution in [0.2, 0.25) is 16.6 Å². The van der Waals surface area contributed by atoms with Crippen LogP contribution in [0.4, 0.5) is 4.39 Å². The molecule has 0 N–H and O–H groups in total. The molecule has 0 aliphatic carbocycles. The van der Waals surface area contributed by atoms with Crippen LogP contribution in [0.15, 0.2) is 36.5 Å². The number of benzene rings is 2. The second-order valence-corrected chi connectivity index (χ2v) is 17.5. The van der Waals surface area contributed by atoms with Gasteiger partial charge < -0.3 is 14.1 Å². The first-order chi connectivity index (χ1) is 19.4. The summed E-state index contributed by atoms with van der Waals surface area (Å²) in [4.78, 5) is 32.8. The monoisotopic (exact) mass is 578 g/mol. The van der Waals surface area contributed by atoms with Crippen molar-refractivity contribution in [3.8, 4) is 5.75 Å². The lowest BCUT2D eigenvalue weighted by Gasteiger charge is -2.42. The van der Waals surface area contributed by atoms with Gasteiger partial charge in [-0.1, -0.05) is 53.7 Å². The van der Waals surface area contributed by atoms with Gasteiger partial charge in [0.25, 0.3) is 14.2 Å². The number of rotatable bonds is 11. The Morgan fingerprint density at radius 1 is 1.05 bits per heavy atom. The maximum absolute atomic E-state index is 13.7. The smallest absolute Gasteiger partial charge is 0.306 e. The lowest BCUT2D eigenvalue weighted by Crippen LogP contribution is -2.51. The summed E-state index contributed by atoms with van der Waals surface area (Å²) in [6.07, 6.45) is 3.04. The Morgan fingerprint density at radius 2 is 1.68 bits per heavy atom. The number of esters is 1. The SMILES string of the molecule is CCOC(=O)CCc1c2c(c(O[Si](C(C)C)(C(C)C)C(C)C)c3ncc(Cc4ccc(F)cc4)cc13)C(=O)N(C)C2. The molecule has 1 aliphatic rings. The maximum Gasteiger partial charge on any atom is 0.306 e. The zero-order valence-electron chi connectivity index (χ0n) is 25.6. The number of carbonyl (C=O) groups is 2. The minimum Gasteiger partial charge on any atom is -0.541 e. The van der Waals surface area contributed by atoms with Crippen LogP contribution in [0.5, 0.6) is 5.75 Å². The number of hydrogen-bond acceptors (Lipinski definition) is 5. The highest BCUT2D eigenvalue weighted by molar-refractivity contribution is 6.78. The molecule has 0 spiro atoms. The Kier molecular flexibility index (Phi) is 9.21. The molecule has 8 heteroatoms. The van der Waals surface area contributed by atoms with Gasteiger partial charge in [0.15, 0.2) is 0 Å². The normalized spacial score (nSPS) is 13.6. The van der Waals surface area contributed by atoms with Gasteiger partial charge in [-0.2, -0.15) is 0 Å². The van der Waals surface area contributed by atoms with Crippen LogP contribution in [0.1, 0.15) is 87.5 Å². The van der Waals surface area contributed by atoms with Gasteiger partial charge in [-0.3, -0.25) is 14.6 Å². The average molecular weight is 579 g/mol. The highest BCUT2D eigenvalue weighted by atomic mass is 28.4. The van der Waals surface area contributed by atoms with Crippen molar-refractivity contribution in [2.45, 2.75) is 90.9 Å². The summed E-state index contributed by atoms with van der Waals surface area (Å²) in [6, 6.07) is 8.58. The summed E-state index contributed by atoms with van der Waals surface area (Å²) >= 11 is 0. The van der Waals surface area contributed by atoms with Gasteiger partial charge in [0.1, 0.15) is 17.1 Å². The Balaban J connectivity index is 1.97. The summed E-state index contributed by atoms with van der Waals surface area (Å²) < 4.78 is 26.0. The molecule has 0 saturated heterocycles. The third kappa shape index (κ3) is 5.89. The molecule has 0 unspecified atom stereocenters. The predicted octanol–water partition coefficient (Wildman–Crippen LogP) is 7.60. The standard InChI is InChI=1S/C33H43FN2O4Si/c1-9-39-29(37)15-14-26-27-17-24(16-23-10-12-25(34)13-11-23)18-35-31(27)32(30-28(26)19-36(8)33(30)38)40-41(20(2)3,21(4)5)22(6)7/h10-13,17-18,20-22H,9,14-16,19H2,1-8H3. The molecule has 1 aliphatic heterocycles. The summed E-state index contributed by atoms with van der Waals surface area (Å²) in [5, 5.41) is 0.893. The lowest BCUT2D eigenvalue weighted by molar-refractivity contribution is -0.143. The van der Waals surface area contributed by atoms with Crippen molar-refractivity contribution in [2.24, 2.45) is 0 Å². The van der Waals surface area contributed by atoms with E-state index in [-0.39, 0.29) is 24.1 Å². The minimum absolute atomic E-state index is 0.0781. The number of ether oxygens (including phenoxy) is 1. The Labute approximate surface area is 244 Å². The highest BCUT2D eigenvalue weighted by Crippen LogP contribution is 2.48. The molecular weight excluding hydrogens is 535 g/mol. The molecule has 220 valence electrons. The molecule has 1 amide bonds. The predicted molar refractivity (Wildman–Crippen MR) is 163 cm³/mol. The Morgan fingerprint density at radius 3 is 2.27 bits per heavy atom. The van der Waals surface area contributed by atoms with Gasteiger partial charge in [0.05, 0.1) is 12.2 Å². The fourth-order valence-electron chi connectivity index (χ4n) is 6.70. The molecule has 1 aromatic heterocycles. The van der Waals surface area contributed by atoms with Crippen molar-refractivity contribution >= 4 is 31.1 Å². The van der Waals surface area contributed by atoms with E-state index in [2.05, 4.69) is 47.6 Å². The van der Waals surface area contributed by atoms with E-state index in [0.29, 0.717) is 59.4 Å². The number of aryl methyl sites for hydroxylation is 1. The van der Waals surface area contributed by atoms with Gasteiger partial charge >= 0.3 is 5.97 Å². The molecule has 41 heavy (non-hydrogen) atoms. The summed E-state index contributed by atoms with van der Waals surface area (Å²) in [6.45, 7) is 15.9. The van der Waals surface area contributed by atoms with E-state index >= 15 is 0 Å². The second kappa shape index (κ2) is 12.3. The van der Waals surface area contributed by atoms with Crippen molar-refractivity contribution < 1.29 is 23.1 Å². The van der Waals surface area contributed by atoms with Crippen molar-refractivity contribution in [1.29, 1.82) is 0 Å². The van der Waals surface area contributed by atoms with E-state index in [1.54, 1.807) is 31.0 Å². The first-order valence-corrected chi connectivity index (χ1v) is 16.8. The molecule has 0 bridgehead atoms. The topological polar surface area (TPSA) is 68.7 Å². The van der Waals surface area contributed by atoms with Crippen molar-refractivity contribution in [3.05, 3.63) is 70.2 Å². The molecule has 3 aromatic rings. The van der Waals surface area contributed by atoms with Crippen LogP contribution in [0, 0.1) is 5.82 Å². The zero-order valence-corrected chi connectivity index (χ0v) is 26.6. The number of halogens is 1. The number of carbonyl (C=O) groups excluding carboxylic acids is 2. The van der Waals surface area contributed by atoms with Crippen LogP contribution in [-0.2, 0) is 28.9 Å². The molecule has 6 nitrogen and oxygen atoms in total. The van der Waals surface area contributed by atoms with Crippen LogP contribution < -0.4 is 4.43 Å². The molecule has 0 atom stereocenters. The first-order valence-electron chi connectivity index (χ1n) is 14.7. The van der Waals surface area contributed by atoms with Crippen molar-refractivity contribution in [2.75, 3.05) is 13.7 Å². The van der Waals surface area contributed by atoms with Crippen molar-refractivity contribution in [3.63, 3.8) is 0 Å². The molecule has 2 aromatic carbocycles. The first kappa shape index (κ1) is 30.7. The van der Waals surface area contributed by atoms with E-state index in [0.717, 1.165) is 27.6 Å². The van der Waals surface area contributed by atoms with Gasteiger partial charge in [-0.05, 0) is 76.8 Å². The van der Waals surface area contributed by atoms with E-state index in [9.17, 15) is 14.0 Å². The van der Waals surface area contributed by atoms with Gasteiger partial charge in [-0.15, -0.1) is 0 Å². The lowest BCUT2D eigenvalue weighted by atomic mass is 9.92. The van der Waals surface area contributed by atoms with Gasteiger partial charge in [-0.25, -0.2) is 4.39 Å². The van der Waals surface area contributed by atoms with Gasteiger partial charge in [0.2, 0.25) is 0 Å². The van der Waals surface area contributed by atoms with Crippen LogP contribution in [0.3, 0.4) is 0 Å². The summed E-state index contributed by atoms with van der Waals surface area (Å²) in [7, 11) is -0.642. The highest BCUT2D eigenvalue weighted by Gasteiger charge is 2.48. The minimum atomic E-state index is -2.44. The third-order valence-corrected chi connectivity index (χ3v) is 14.5. The largest absolute Gasteiger partial charge is 0.541 e. The van der Waals surface area contributed by atoms with Crippen LogP contribution >= 0.6 is 0 Å². The van der Waals surface area contributed by atoms with E-state index in [1.165, 1.54) is 12.1 Å². The van der Waals surface area contributed by atoms with E-state index in [4.69, 9.17) is 14.1 Å².